The molecule has 11 nitrogen and oxygen atoms in total. The third kappa shape index (κ3) is 3.77. The number of fused-ring (bicyclic) bond motifs is 1. The maximum Gasteiger partial charge on any atom is 0.303 e. The number of nitro groups is 1. The second-order valence-electron chi connectivity index (χ2n) is 6.15. The summed E-state index contributed by atoms with van der Waals surface area (Å²) in [7, 11) is 0. The van der Waals surface area contributed by atoms with E-state index < -0.39 is 40.8 Å². The first-order chi connectivity index (χ1) is 13.1. The number of hydrogen-bond acceptors (Lipinski definition) is 8. The van der Waals surface area contributed by atoms with E-state index in [1.165, 1.54) is 25.1 Å². The second-order valence-corrected chi connectivity index (χ2v) is 6.15. The minimum absolute atomic E-state index is 0.0333. The molecule has 28 heavy (non-hydrogen) atoms. The van der Waals surface area contributed by atoms with Crippen molar-refractivity contribution in [1.82, 2.24) is 4.73 Å². The van der Waals surface area contributed by atoms with Crippen LogP contribution in [0.4, 0.5) is 0 Å². The van der Waals surface area contributed by atoms with E-state index in [0.29, 0.717) is 9.16 Å². The van der Waals surface area contributed by atoms with Gasteiger partial charge in [-0.1, -0.05) is 19.1 Å². The van der Waals surface area contributed by atoms with E-state index in [4.69, 9.17) is 9.47 Å². The van der Waals surface area contributed by atoms with Gasteiger partial charge in [-0.2, -0.15) is 0 Å². The van der Waals surface area contributed by atoms with Crippen LogP contribution in [0.15, 0.2) is 30.5 Å². The molecule has 2 rings (SSSR count). The maximum absolute atomic E-state index is 12.9. The molecule has 0 aliphatic heterocycles. The Morgan fingerprint density at radius 3 is 2.46 bits per heavy atom. The lowest BCUT2D eigenvalue weighted by molar-refractivity contribution is -0.589. The zero-order valence-corrected chi connectivity index (χ0v) is 15.5. The fourth-order valence-corrected chi connectivity index (χ4v) is 2.86. The molecule has 1 aromatic heterocycles. The Labute approximate surface area is 158 Å². The van der Waals surface area contributed by atoms with Crippen molar-refractivity contribution in [3.63, 3.8) is 0 Å². The molecule has 0 bridgehead atoms. The Morgan fingerprint density at radius 1 is 1.29 bits per heavy atom. The molecule has 2 atom stereocenters. The number of para-hydroxylation sites is 2. The molecule has 0 amide bonds. The predicted molar refractivity (Wildman–Crippen MR) is 95.2 cm³/mol. The average Bonchev–Trinajstić information content (AvgIpc) is 2.64. The molecule has 1 aromatic carbocycles. The highest BCUT2D eigenvalue weighted by Gasteiger charge is 2.55. The first-order valence-corrected chi connectivity index (χ1v) is 8.33. The van der Waals surface area contributed by atoms with Gasteiger partial charge >= 0.3 is 11.9 Å². The van der Waals surface area contributed by atoms with E-state index in [0.717, 1.165) is 20.0 Å². The molecule has 0 radical (unpaired) electrons. The van der Waals surface area contributed by atoms with E-state index in [1.54, 1.807) is 6.07 Å². The van der Waals surface area contributed by atoms with Crippen LogP contribution in [0.3, 0.4) is 0 Å². The van der Waals surface area contributed by atoms with Crippen LogP contribution in [-0.4, -0.2) is 33.7 Å². The minimum atomic E-state index is -2.17. The van der Waals surface area contributed by atoms with Gasteiger partial charge in [0.05, 0.1) is 4.43 Å². The molecule has 0 aliphatic carbocycles. The number of hydrogen-bond donors (Lipinski definition) is 0. The summed E-state index contributed by atoms with van der Waals surface area (Å²) >= 11 is 0. The van der Waals surface area contributed by atoms with E-state index in [2.05, 4.69) is 0 Å². The Hall–Kier alpha value is -3.50. The van der Waals surface area contributed by atoms with Crippen LogP contribution in [0.5, 0.6) is 0 Å². The van der Waals surface area contributed by atoms with E-state index in [1.807, 2.05) is 0 Å². The molecule has 11 heteroatoms. The molecule has 0 saturated heterocycles. The van der Waals surface area contributed by atoms with Crippen molar-refractivity contribution in [2.75, 3.05) is 6.61 Å². The van der Waals surface area contributed by atoms with Crippen molar-refractivity contribution in [2.24, 2.45) is 0 Å². The van der Waals surface area contributed by atoms with Gasteiger partial charge in [0.1, 0.15) is 11.2 Å². The van der Waals surface area contributed by atoms with Crippen LogP contribution in [0.1, 0.15) is 39.0 Å². The van der Waals surface area contributed by atoms with Gasteiger partial charge in [0.15, 0.2) is 6.61 Å². The van der Waals surface area contributed by atoms with Crippen molar-refractivity contribution in [1.29, 1.82) is 0 Å². The van der Waals surface area contributed by atoms with Gasteiger partial charge in [-0.3, -0.25) is 19.7 Å². The molecule has 2 unspecified atom stereocenters. The molecule has 0 aliphatic rings. The molecule has 0 saturated carbocycles. The number of rotatable bonds is 7. The summed E-state index contributed by atoms with van der Waals surface area (Å²) in [6, 6.07) is 5.83. The van der Waals surface area contributed by atoms with Crippen LogP contribution in [0.2, 0.25) is 0 Å². The summed E-state index contributed by atoms with van der Waals surface area (Å²) in [6.07, 6.45) is -1.20. The lowest BCUT2D eigenvalue weighted by atomic mass is 9.88. The molecule has 0 N–H and O–H groups in total. The molecule has 1 heterocycles. The van der Waals surface area contributed by atoms with Gasteiger partial charge in [0, 0.05) is 36.2 Å². The molecule has 150 valence electrons. The first-order valence-electron chi connectivity index (χ1n) is 8.33. The number of carbonyl (C=O) groups excluding carboxylic acids is 2. The predicted octanol–water partition coefficient (Wildman–Crippen LogP) is 1.49. The van der Waals surface area contributed by atoms with Gasteiger partial charge in [-0.25, -0.2) is 0 Å². The average molecular weight is 393 g/mol. The van der Waals surface area contributed by atoms with Crippen molar-refractivity contribution in [3.8, 4) is 0 Å². The summed E-state index contributed by atoms with van der Waals surface area (Å²) in [5, 5.41) is 24.8. The lowest BCUT2D eigenvalue weighted by Gasteiger charge is -2.32. The summed E-state index contributed by atoms with van der Waals surface area (Å²) in [5.41, 5.74) is -2.65. The Balaban J connectivity index is 2.78. The van der Waals surface area contributed by atoms with Gasteiger partial charge in [-0.05, 0) is 6.07 Å². The second kappa shape index (κ2) is 8.03. The van der Waals surface area contributed by atoms with Gasteiger partial charge < -0.3 is 19.4 Å². The van der Waals surface area contributed by atoms with Crippen LogP contribution in [0.25, 0.3) is 11.0 Å². The Kier molecular flexibility index (Phi) is 5.96. The highest BCUT2D eigenvalue weighted by molar-refractivity contribution is 5.72. The first kappa shape index (κ1) is 20.8. The maximum atomic E-state index is 12.9. The topological polar surface area (TPSA) is 147 Å². The van der Waals surface area contributed by atoms with E-state index in [-0.39, 0.29) is 17.5 Å². The van der Waals surface area contributed by atoms with Crippen molar-refractivity contribution >= 4 is 23.0 Å². The van der Waals surface area contributed by atoms with Crippen molar-refractivity contribution in [2.45, 2.75) is 38.8 Å². The normalized spacial score (nSPS) is 14.1. The number of benzene rings is 1. The minimum Gasteiger partial charge on any atom is -0.805 e. The monoisotopic (exact) mass is 393 g/mol. The van der Waals surface area contributed by atoms with Crippen LogP contribution in [-0.2, 0) is 19.1 Å². The lowest BCUT2D eigenvalue weighted by Crippen LogP contribution is -2.50. The third-order valence-corrected chi connectivity index (χ3v) is 4.36. The number of aromatic nitrogens is 2. The Bertz CT molecular complexity index is 986. The third-order valence-electron chi connectivity index (χ3n) is 4.36. The highest BCUT2D eigenvalue weighted by atomic mass is 16.6. The molecular weight excluding hydrogens is 374 g/mol. The number of nitrogens with zero attached hydrogens (tertiary/aromatic N) is 3. The number of carbonyl (C=O) groups is 2. The summed E-state index contributed by atoms with van der Waals surface area (Å²) < 4.78 is 10.6. The zero-order chi connectivity index (χ0) is 21.1. The van der Waals surface area contributed by atoms with Gasteiger partial charge in [0.25, 0.3) is 17.3 Å². The van der Waals surface area contributed by atoms with Crippen LogP contribution >= 0.6 is 0 Å². The zero-order valence-electron chi connectivity index (χ0n) is 15.5. The number of ether oxygens (including phenoxy) is 2. The summed E-state index contributed by atoms with van der Waals surface area (Å²) in [5.74, 6) is -1.69. The molecule has 2 aromatic rings. The standard InChI is InChI=1S/C17H19N3O8/c1-4-17(20(25)26,10-27-11(2)21)16(28-12(3)22)15-9-18(23)13-7-5-6-8-14(13)19(15)24/h5-9,16H,4,10H2,1-3H3. The van der Waals surface area contributed by atoms with Crippen LogP contribution in [0, 0.1) is 20.2 Å². The molecule has 0 fully saturated rings. The fourth-order valence-electron chi connectivity index (χ4n) is 2.86. The summed E-state index contributed by atoms with van der Waals surface area (Å²) in [6.45, 7) is 2.75. The van der Waals surface area contributed by atoms with Crippen LogP contribution < -0.4 is 4.43 Å². The van der Waals surface area contributed by atoms with Crippen molar-refractivity contribution in [3.05, 3.63) is 56.4 Å². The van der Waals surface area contributed by atoms with Gasteiger partial charge in [0.2, 0.25) is 6.10 Å². The fraction of sp³-hybridized carbons (Fsp3) is 0.412. The highest BCUT2D eigenvalue weighted by Crippen LogP contribution is 2.36. The largest absolute Gasteiger partial charge is 0.805 e. The van der Waals surface area contributed by atoms with E-state index in [9.17, 15) is 29.8 Å². The smallest absolute Gasteiger partial charge is 0.303 e. The summed E-state index contributed by atoms with van der Waals surface area (Å²) in [4.78, 5) is 46.4. The Morgan fingerprint density at radius 2 is 1.93 bits per heavy atom. The van der Waals surface area contributed by atoms with E-state index >= 15 is 0 Å². The van der Waals surface area contributed by atoms with Gasteiger partial charge in [-0.15, -0.1) is 0 Å². The quantitative estimate of drug-likeness (QED) is 0.297. The van der Waals surface area contributed by atoms with Crippen molar-refractivity contribution < 1.29 is 28.4 Å². The molecule has 0 spiro atoms. The SMILES string of the molecule is CCC(COC(C)=O)(C(OC(C)=O)c1c[n+](=O)c2ccccc2n1[O-])[N+](=O)[O-]. The number of esters is 2. The molecular formula is C17H19N3O8.